The zero-order valence-corrected chi connectivity index (χ0v) is 31.9. The first kappa shape index (κ1) is 36.4. The number of allylic oxidation sites excluding steroid dienone is 1. The van der Waals surface area contributed by atoms with Crippen molar-refractivity contribution in [1.29, 1.82) is 0 Å². The number of halogens is 2. The molecule has 4 aromatic carbocycles. The summed E-state index contributed by atoms with van der Waals surface area (Å²) in [6, 6.07) is 33.5. The van der Waals surface area contributed by atoms with E-state index in [1.54, 1.807) is 16.3 Å². The van der Waals surface area contributed by atoms with Gasteiger partial charge in [0.2, 0.25) is 0 Å². The van der Waals surface area contributed by atoms with Crippen molar-refractivity contribution in [2.75, 3.05) is 0 Å². The Hall–Kier alpha value is -2.03. The number of unbranched alkanes of at least 4 members (excludes halogenated alkanes) is 3. The van der Waals surface area contributed by atoms with Crippen LogP contribution in [0, 0.1) is 13.8 Å². The van der Waals surface area contributed by atoms with E-state index in [-0.39, 0.29) is 51.0 Å². The van der Waals surface area contributed by atoms with E-state index in [0.717, 1.165) is 5.54 Å². The van der Waals surface area contributed by atoms with Crippen molar-refractivity contribution in [1.82, 2.24) is 4.57 Å². The molecule has 1 radical (unpaired) electrons. The normalized spacial score (nSPS) is 15.3. The van der Waals surface area contributed by atoms with Crippen molar-refractivity contribution in [3.63, 3.8) is 0 Å². The molecule has 2 aliphatic heterocycles. The largest absolute Gasteiger partial charge is 3.00 e. The van der Waals surface area contributed by atoms with Gasteiger partial charge in [-0.25, -0.2) is 0 Å². The molecular formula is C39H44Cl2NSiZr. The number of aromatic nitrogens is 1. The van der Waals surface area contributed by atoms with E-state index in [4.69, 9.17) is 0 Å². The van der Waals surface area contributed by atoms with Crippen molar-refractivity contribution in [3.8, 4) is 16.8 Å². The molecular weight excluding hydrogens is 673 g/mol. The van der Waals surface area contributed by atoms with Crippen molar-refractivity contribution in [3.05, 3.63) is 125 Å². The third kappa shape index (κ3) is 6.59. The monoisotopic (exact) mass is 714 g/mol. The van der Waals surface area contributed by atoms with Crippen molar-refractivity contribution >= 4 is 24.0 Å². The molecule has 3 heterocycles. The number of para-hydroxylation sites is 1. The first-order chi connectivity index (χ1) is 19.8. The fourth-order valence-electron chi connectivity index (χ4n) is 7.67. The molecule has 1 aromatic heterocycles. The van der Waals surface area contributed by atoms with Gasteiger partial charge in [-0.2, -0.15) is 6.07 Å². The number of hydrogen-bond donors (Lipinski definition) is 0. The Morgan fingerprint density at radius 2 is 1.50 bits per heavy atom. The molecule has 227 valence electrons. The maximum Gasteiger partial charge on any atom is 3.00 e. The van der Waals surface area contributed by atoms with Gasteiger partial charge in [-0.15, -0.1) is 34.5 Å². The maximum atomic E-state index is 2.52. The molecule has 0 amide bonds. The summed E-state index contributed by atoms with van der Waals surface area (Å²) in [5.41, 5.74) is 13.7. The third-order valence-electron chi connectivity index (χ3n) is 9.45. The molecule has 0 saturated carbocycles. The van der Waals surface area contributed by atoms with Gasteiger partial charge in [0, 0.05) is 22.6 Å². The third-order valence-corrected chi connectivity index (χ3v) is 13.6. The zero-order valence-electron chi connectivity index (χ0n) is 27.0. The van der Waals surface area contributed by atoms with Crippen LogP contribution in [0.15, 0.2) is 96.6 Å². The zero-order chi connectivity index (χ0) is 28.7. The molecule has 1 nitrogen and oxygen atoms in total. The molecule has 1 atom stereocenters. The Morgan fingerprint density at radius 1 is 0.795 bits per heavy atom. The molecule has 0 N–H and O–H groups in total. The van der Waals surface area contributed by atoms with E-state index >= 15 is 0 Å². The predicted octanol–water partition coefficient (Wildman–Crippen LogP) is 5.12. The van der Waals surface area contributed by atoms with Crippen LogP contribution in [-0.2, 0) is 32.6 Å². The maximum absolute atomic E-state index is 2.52. The summed E-state index contributed by atoms with van der Waals surface area (Å²) in [5.74, 6) is 0. The summed E-state index contributed by atoms with van der Waals surface area (Å²) in [4.78, 5) is 0. The standard InChI is InChI=1S/C22H25.C17H19NSi.2ClH.Zr/c1-3-4-5-6-8-18-11-13-19(14-12-18)21-10-7-9-20-15-17(2)16-22(20)21;1-11-10-14-15(17-12(2)16(14)19(17,3)4)18(11)13-8-6-5-7-9-13;;;/h7,9-16H,3-6,8H2,1-2H3;5-10,16H,1-4H3;2*1H;/q-1;;;;+3/p-2. The number of aryl methyl sites for hydroxylation is 3. The topological polar surface area (TPSA) is 4.93 Å². The van der Waals surface area contributed by atoms with E-state index < -0.39 is 8.07 Å². The minimum Gasteiger partial charge on any atom is -1.00 e. The van der Waals surface area contributed by atoms with Gasteiger partial charge in [0.25, 0.3) is 0 Å². The molecule has 5 aromatic rings. The average molecular weight is 717 g/mol. The second kappa shape index (κ2) is 15.0. The van der Waals surface area contributed by atoms with Gasteiger partial charge < -0.3 is 29.4 Å². The van der Waals surface area contributed by atoms with Gasteiger partial charge in [-0.3, -0.25) is 0 Å². The molecule has 1 unspecified atom stereocenters. The van der Waals surface area contributed by atoms with Crippen LogP contribution in [0.4, 0.5) is 0 Å². The summed E-state index contributed by atoms with van der Waals surface area (Å²) in [7, 11) is -1.19. The van der Waals surface area contributed by atoms with Crippen LogP contribution < -0.4 is 24.8 Å². The fraction of sp³-hybridized carbons (Fsp3) is 0.308. The van der Waals surface area contributed by atoms with Gasteiger partial charge in [0.1, 0.15) is 0 Å². The molecule has 44 heavy (non-hydrogen) atoms. The van der Waals surface area contributed by atoms with E-state index in [1.165, 1.54) is 82.2 Å². The van der Waals surface area contributed by atoms with Crippen LogP contribution in [0.3, 0.4) is 0 Å². The second-order valence-corrected chi connectivity index (χ2v) is 17.3. The van der Waals surface area contributed by atoms with Crippen molar-refractivity contribution in [2.45, 2.75) is 78.4 Å². The van der Waals surface area contributed by atoms with Crippen LogP contribution in [0.2, 0.25) is 13.1 Å². The van der Waals surface area contributed by atoms with Crippen LogP contribution in [-0.4, -0.2) is 12.6 Å². The van der Waals surface area contributed by atoms with Crippen LogP contribution in [0.1, 0.15) is 73.2 Å². The quantitative estimate of drug-likeness (QED) is 0.125. The summed E-state index contributed by atoms with van der Waals surface area (Å²) in [5, 5.41) is 4.43. The van der Waals surface area contributed by atoms with Gasteiger partial charge in [0.05, 0.1) is 8.07 Å². The predicted molar refractivity (Wildman–Crippen MR) is 181 cm³/mol. The van der Waals surface area contributed by atoms with E-state index in [0.29, 0.717) is 0 Å². The number of fused-ring (bicyclic) bond motifs is 1. The molecule has 2 bridgehead atoms. The summed E-state index contributed by atoms with van der Waals surface area (Å²) < 4.78 is 2.47. The van der Waals surface area contributed by atoms with Gasteiger partial charge >= 0.3 is 26.2 Å². The van der Waals surface area contributed by atoms with E-state index in [2.05, 4.69) is 136 Å². The number of nitrogens with zero attached hydrogens (tertiary/aromatic N) is 1. The Balaban J connectivity index is 0.000000227. The van der Waals surface area contributed by atoms with Crippen LogP contribution in [0.5, 0.6) is 0 Å². The summed E-state index contributed by atoms with van der Waals surface area (Å²) in [6.07, 6.45) is 6.54. The average Bonchev–Trinajstić information content (AvgIpc) is 3.65. The molecule has 0 saturated heterocycles. The number of benzene rings is 3. The van der Waals surface area contributed by atoms with E-state index in [1.807, 2.05) is 0 Å². The Bertz CT molecular complexity index is 1730. The summed E-state index contributed by atoms with van der Waals surface area (Å²) in [6.45, 7) is 14.0. The molecule has 3 aliphatic rings. The molecule has 5 heteroatoms. The minimum absolute atomic E-state index is 0. The van der Waals surface area contributed by atoms with Gasteiger partial charge in [0.15, 0.2) is 0 Å². The SMILES string of the molecule is CC1=C2c3c(cc(C)n3-c3ccccc3)C1[Si]2(C)C.CCCCCCc1ccc(-c2cccc3[cH-]c(C)cc23)cc1.[Cl-].[Cl-].[Zr+3]. The molecule has 1 aliphatic carbocycles. The van der Waals surface area contributed by atoms with Crippen LogP contribution in [0.25, 0.3) is 32.8 Å². The molecule has 0 spiro atoms. The van der Waals surface area contributed by atoms with Crippen LogP contribution >= 0.6 is 0 Å². The van der Waals surface area contributed by atoms with Crippen molar-refractivity contribution in [2.24, 2.45) is 0 Å². The Kier molecular flexibility index (Phi) is 12.5. The minimum atomic E-state index is -1.19. The smallest absolute Gasteiger partial charge is 1.00 e. The van der Waals surface area contributed by atoms with Gasteiger partial charge in [-0.1, -0.05) is 106 Å². The number of rotatable bonds is 7. The molecule has 8 rings (SSSR count). The van der Waals surface area contributed by atoms with Gasteiger partial charge in [-0.05, 0) is 66.8 Å². The molecule has 0 fully saturated rings. The van der Waals surface area contributed by atoms with Crippen molar-refractivity contribution < 1.29 is 51.0 Å². The first-order valence-corrected chi connectivity index (χ1v) is 18.6. The Morgan fingerprint density at radius 3 is 2.16 bits per heavy atom. The first-order valence-electron chi connectivity index (χ1n) is 15.6. The fourth-order valence-corrected chi connectivity index (χ4v) is 12.0. The Labute approximate surface area is 297 Å². The second-order valence-electron chi connectivity index (χ2n) is 12.8. The summed E-state index contributed by atoms with van der Waals surface area (Å²) >= 11 is 0. The van der Waals surface area contributed by atoms with E-state index in [9.17, 15) is 0 Å². The number of hydrogen-bond acceptors (Lipinski definition) is 0.